The molecule has 1 saturated carbocycles. The number of amides is 3. The number of halogens is 1. The zero-order valence-electron chi connectivity index (χ0n) is 23.5. The first-order valence-corrected chi connectivity index (χ1v) is 14.4. The van der Waals surface area contributed by atoms with Crippen molar-refractivity contribution >= 4 is 23.4 Å². The van der Waals surface area contributed by atoms with Crippen molar-refractivity contribution in [1.29, 1.82) is 0 Å². The first kappa shape index (κ1) is 27.4. The van der Waals surface area contributed by atoms with E-state index in [-0.39, 0.29) is 36.1 Å². The molecule has 2 saturated heterocycles. The number of benzene rings is 2. The summed E-state index contributed by atoms with van der Waals surface area (Å²) in [7, 11) is 1.57. The van der Waals surface area contributed by atoms with E-state index in [0.717, 1.165) is 19.3 Å². The van der Waals surface area contributed by atoms with Crippen LogP contribution in [0.4, 0.5) is 10.1 Å². The molecule has 4 aliphatic rings. The highest BCUT2D eigenvalue weighted by Crippen LogP contribution is 2.55. The monoisotopic (exact) mass is 561 g/mol. The SMILES string of the molecule is COc1ccc(NC(=O)C2[C@@H]3C=CC4(O3)C(C(=O)NC3CCCC(C)C3C)N(Cc3ccc(F)cc3)C(=O)[C@H]24)cc1. The Morgan fingerprint density at radius 3 is 2.51 bits per heavy atom. The van der Waals surface area contributed by atoms with E-state index in [9.17, 15) is 18.8 Å². The van der Waals surface area contributed by atoms with Gasteiger partial charge in [0.1, 0.15) is 23.2 Å². The van der Waals surface area contributed by atoms with E-state index in [2.05, 4.69) is 24.5 Å². The van der Waals surface area contributed by atoms with Gasteiger partial charge >= 0.3 is 0 Å². The zero-order chi connectivity index (χ0) is 28.9. The standard InChI is InChI=1S/C32H36FN3O5/c1-18-5-4-6-24(19(18)2)35-30(38)28-32-16-15-25(41-32)26(29(37)34-22-11-13-23(40-3)14-12-22)27(32)31(39)36(28)17-20-7-9-21(33)10-8-20/h7-16,18-19,24-28H,4-6,17H2,1-3H3,(H,34,37)(H,35,38)/t18?,19?,24?,25-,26?,27-,28?,32?/m0/s1. The molecule has 2 aromatic rings. The van der Waals surface area contributed by atoms with E-state index in [1.54, 1.807) is 55.7 Å². The van der Waals surface area contributed by atoms with Crippen LogP contribution < -0.4 is 15.4 Å². The molecule has 3 heterocycles. The van der Waals surface area contributed by atoms with Gasteiger partial charge in [0.25, 0.3) is 0 Å². The number of methoxy groups -OCH3 is 1. The molecule has 0 radical (unpaired) electrons. The van der Waals surface area contributed by atoms with Crippen LogP contribution in [0.5, 0.6) is 5.75 Å². The maximum atomic E-state index is 14.2. The second-order valence-corrected chi connectivity index (χ2v) is 11.9. The molecule has 2 N–H and O–H groups in total. The van der Waals surface area contributed by atoms with E-state index < -0.39 is 29.6 Å². The average molecular weight is 562 g/mol. The first-order chi connectivity index (χ1) is 19.7. The molecule has 8 nitrogen and oxygen atoms in total. The van der Waals surface area contributed by atoms with Crippen molar-refractivity contribution in [1.82, 2.24) is 10.2 Å². The number of rotatable bonds is 7. The number of likely N-dealkylation sites (tertiary alicyclic amines) is 1. The van der Waals surface area contributed by atoms with Crippen LogP contribution in [0.3, 0.4) is 0 Å². The molecular formula is C32H36FN3O5. The largest absolute Gasteiger partial charge is 0.497 e. The van der Waals surface area contributed by atoms with Gasteiger partial charge in [-0.25, -0.2) is 4.39 Å². The molecule has 0 aromatic heterocycles. The molecule has 9 heteroatoms. The fourth-order valence-corrected chi connectivity index (χ4v) is 7.17. The Balaban J connectivity index is 1.31. The summed E-state index contributed by atoms with van der Waals surface area (Å²) < 4.78 is 25.3. The predicted octanol–water partition coefficient (Wildman–Crippen LogP) is 4.06. The lowest BCUT2D eigenvalue weighted by atomic mass is 9.73. The smallest absolute Gasteiger partial charge is 0.246 e. The summed E-state index contributed by atoms with van der Waals surface area (Å²) in [4.78, 5) is 43.5. The lowest BCUT2D eigenvalue weighted by Gasteiger charge is -2.38. The van der Waals surface area contributed by atoms with Gasteiger partial charge < -0.3 is 25.0 Å². The average Bonchev–Trinajstić information content (AvgIpc) is 3.60. The number of nitrogens with one attached hydrogen (secondary N) is 2. The normalized spacial score (nSPS) is 33.5. The fraction of sp³-hybridized carbons (Fsp3) is 0.469. The van der Waals surface area contributed by atoms with E-state index >= 15 is 0 Å². The summed E-state index contributed by atoms with van der Waals surface area (Å²) in [5, 5.41) is 6.17. The highest BCUT2D eigenvalue weighted by atomic mass is 19.1. The number of anilines is 1. The first-order valence-electron chi connectivity index (χ1n) is 14.4. The second-order valence-electron chi connectivity index (χ2n) is 11.9. The third-order valence-electron chi connectivity index (χ3n) is 9.58. The quantitative estimate of drug-likeness (QED) is 0.497. The highest BCUT2D eigenvalue weighted by molar-refractivity contribution is 6.02. The maximum Gasteiger partial charge on any atom is 0.246 e. The molecule has 3 fully saturated rings. The van der Waals surface area contributed by atoms with Crippen molar-refractivity contribution in [2.24, 2.45) is 23.7 Å². The minimum absolute atomic E-state index is 0.0128. The molecule has 6 unspecified atom stereocenters. The van der Waals surface area contributed by atoms with Gasteiger partial charge in [0.05, 0.1) is 25.0 Å². The summed E-state index contributed by atoms with van der Waals surface area (Å²) >= 11 is 0. The molecule has 1 spiro atoms. The van der Waals surface area contributed by atoms with E-state index in [1.165, 1.54) is 17.0 Å². The van der Waals surface area contributed by atoms with Gasteiger partial charge in [-0.1, -0.05) is 51.0 Å². The zero-order valence-corrected chi connectivity index (χ0v) is 23.5. The second kappa shape index (κ2) is 10.6. The van der Waals surface area contributed by atoms with Gasteiger partial charge in [-0.2, -0.15) is 0 Å². The Bertz CT molecular complexity index is 1360. The molecule has 216 valence electrons. The van der Waals surface area contributed by atoms with Crippen LogP contribution in [0.1, 0.15) is 38.7 Å². The number of carbonyl (C=O) groups excluding carboxylic acids is 3. The summed E-state index contributed by atoms with van der Waals surface area (Å²) in [6.07, 6.45) is 6.00. The van der Waals surface area contributed by atoms with E-state index in [1.807, 2.05) is 0 Å². The Hall–Kier alpha value is -3.72. The number of carbonyl (C=O) groups is 3. The molecule has 3 aliphatic heterocycles. The molecule has 8 atom stereocenters. The fourth-order valence-electron chi connectivity index (χ4n) is 7.17. The Kier molecular flexibility index (Phi) is 7.09. The minimum Gasteiger partial charge on any atom is -0.497 e. The van der Waals surface area contributed by atoms with Crippen LogP contribution >= 0.6 is 0 Å². The minimum atomic E-state index is -1.27. The molecular weight excluding hydrogens is 525 g/mol. The molecule has 2 bridgehead atoms. The van der Waals surface area contributed by atoms with Gasteiger partial charge in [0.2, 0.25) is 17.7 Å². The van der Waals surface area contributed by atoms with Crippen molar-refractivity contribution in [3.63, 3.8) is 0 Å². The van der Waals surface area contributed by atoms with Gasteiger partial charge in [-0.05, 0) is 60.2 Å². The third kappa shape index (κ3) is 4.70. The lowest BCUT2D eigenvalue weighted by Crippen LogP contribution is -2.57. The Labute approximate surface area is 239 Å². The van der Waals surface area contributed by atoms with Gasteiger partial charge in [-0.3, -0.25) is 14.4 Å². The highest BCUT2D eigenvalue weighted by Gasteiger charge is 2.72. The van der Waals surface area contributed by atoms with Crippen LogP contribution in [0.25, 0.3) is 0 Å². The van der Waals surface area contributed by atoms with Crippen molar-refractivity contribution in [3.8, 4) is 5.75 Å². The van der Waals surface area contributed by atoms with E-state index in [4.69, 9.17) is 9.47 Å². The molecule has 3 amide bonds. The van der Waals surface area contributed by atoms with Crippen LogP contribution in [0.2, 0.25) is 0 Å². The van der Waals surface area contributed by atoms with Crippen LogP contribution in [0.15, 0.2) is 60.7 Å². The van der Waals surface area contributed by atoms with Crippen molar-refractivity contribution in [3.05, 3.63) is 72.1 Å². The summed E-state index contributed by atoms with van der Waals surface area (Å²) in [6, 6.07) is 11.9. The van der Waals surface area contributed by atoms with Crippen molar-refractivity contribution in [2.45, 2.75) is 63.4 Å². The van der Waals surface area contributed by atoms with Gasteiger partial charge in [-0.15, -0.1) is 0 Å². The maximum absolute atomic E-state index is 14.2. The summed E-state index contributed by atoms with van der Waals surface area (Å²) in [5.74, 6) is -1.57. The van der Waals surface area contributed by atoms with E-state index in [0.29, 0.717) is 28.8 Å². The van der Waals surface area contributed by atoms with Crippen LogP contribution in [-0.2, 0) is 25.7 Å². The number of ether oxygens (including phenoxy) is 2. The van der Waals surface area contributed by atoms with Crippen molar-refractivity contribution < 1.29 is 28.2 Å². The Morgan fingerprint density at radius 1 is 1.07 bits per heavy atom. The van der Waals surface area contributed by atoms with Crippen LogP contribution in [0, 0.1) is 29.5 Å². The predicted molar refractivity (Wildman–Crippen MR) is 150 cm³/mol. The Morgan fingerprint density at radius 2 is 1.80 bits per heavy atom. The number of fused-ring (bicyclic) bond motifs is 1. The molecule has 6 rings (SSSR count). The topological polar surface area (TPSA) is 97.0 Å². The number of hydrogen-bond acceptors (Lipinski definition) is 5. The molecule has 2 aromatic carbocycles. The number of nitrogens with zero attached hydrogens (tertiary/aromatic N) is 1. The lowest BCUT2D eigenvalue weighted by molar-refractivity contribution is -0.142. The van der Waals surface area contributed by atoms with Gasteiger partial charge in [0, 0.05) is 18.3 Å². The number of hydrogen-bond donors (Lipinski definition) is 2. The van der Waals surface area contributed by atoms with Gasteiger partial charge in [0.15, 0.2) is 0 Å². The third-order valence-corrected chi connectivity index (χ3v) is 9.58. The molecule has 41 heavy (non-hydrogen) atoms. The van der Waals surface area contributed by atoms with Crippen LogP contribution in [-0.4, -0.2) is 53.5 Å². The summed E-state index contributed by atoms with van der Waals surface area (Å²) in [6.45, 7) is 4.46. The summed E-state index contributed by atoms with van der Waals surface area (Å²) in [5.41, 5.74) is -0.0108. The molecule has 1 aliphatic carbocycles. The van der Waals surface area contributed by atoms with Crippen molar-refractivity contribution in [2.75, 3.05) is 12.4 Å².